The van der Waals surface area contributed by atoms with Crippen molar-refractivity contribution >= 4 is 58.0 Å². The lowest BCUT2D eigenvalue weighted by Gasteiger charge is -2.27. The van der Waals surface area contributed by atoms with Gasteiger partial charge in [0.05, 0.1) is 48.3 Å². The van der Waals surface area contributed by atoms with Crippen molar-refractivity contribution in [3.63, 3.8) is 0 Å². The second-order valence-electron chi connectivity index (χ2n) is 15.6. The third-order valence-electron chi connectivity index (χ3n) is 11.8. The zero-order valence-corrected chi connectivity index (χ0v) is 33.4. The lowest BCUT2D eigenvalue weighted by atomic mass is 10.1. The molecule has 5 aliphatic heterocycles. The minimum absolute atomic E-state index is 0.0111. The molecule has 2 atom stereocenters. The summed E-state index contributed by atoms with van der Waals surface area (Å²) in [6.45, 7) is 6.36. The molecule has 0 saturated carbocycles. The predicted molar refractivity (Wildman–Crippen MR) is 224 cm³/mol. The van der Waals surface area contributed by atoms with E-state index in [1.165, 1.54) is 11.1 Å². The molecule has 0 aromatic heterocycles. The molecule has 12 nitrogen and oxygen atoms in total. The Morgan fingerprint density at radius 2 is 1.15 bits per heavy atom. The fourth-order valence-electron chi connectivity index (χ4n) is 8.74. The highest BCUT2D eigenvalue weighted by Crippen LogP contribution is 2.35. The van der Waals surface area contributed by atoms with Gasteiger partial charge < -0.3 is 24.3 Å². The number of rotatable bonds is 7. The average molecular weight is 810 g/mol. The van der Waals surface area contributed by atoms with Crippen molar-refractivity contribution in [2.75, 3.05) is 72.1 Å². The number of morpholine rings is 1. The first-order valence-corrected chi connectivity index (χ1v) is 20.6. The van der Waals surface area contributed by atoms with Gasteiger partial charge in [0.25, 0.3) is 0 Å². The van der Waals surface area contributed by atoms with Gasteiger partial charge in [-0.2, -0.15) is 10.5 Å². The van der Waals surface area contributed by atoms with Crippen LogP contribution in [0.4, 0.5) is 22.7 Å². The Balaban J connectivity index is 0.000000167. The molecule has 9 rings (SSSR count). The van der Waals surface area contributed by atoms with E-state index in [0.29, 0.717) is 54.6 Å². The Bertz CT molecular complexity index is 2380. The van der Waals surface area contributed by atoms with Gasteiger partial charge in [0.15, 0.2) is 0 Å². The maximum absolute atomic E-state index is 13.3. The molecule has 4 aromatic carbocycles. The summed E-state index contributed by atoms with van der Waals surface area (Å²) in [6, 6.07) is 30.4. The number of amides is 4. The van der Waals surface area contributed by atoms with Crippen LogP contribution < -0.4 is 19.6 Å². The normalized spacial score (nSPS) is 19.8. The van der Waals surface area contributed by atoms with Crippen LogP contribution in [0, 0.1) is 34.5 Å². The van der Waals surface area contributed by atoms with Gasteiger partial charge in [0.2, 0.25) is 23.6 Å². The number of hydrogen-bond donors (Lipinski definition) is 0. The van der Waals surface area contributed by atoms with E-state index in [-0.39, 0.29) is 48.3 Å². The third-order valence-corrected chi connectivity index (χ3v) is 12.1. The highest BCUT2D eigenvalue weighted by Gasteiger charge is 2.40. The number of nitriles is 2. The smallest absolute Gasteiger partial charge is 0.232 e. The average Bonchev–Trinajstić information content (AvgIpc) is 4.08. The van der Waals surface area contributed by atoms with Crippen molar-refractivity contribution < 1.29 is 23.9 Å². The predicted octanol–water partition coefficient (Wildman–Crippen LogP) is 5.57. The Labute approximate surface area is 348 Å². The summed E-state index contributed by atoms with van der Waals surface area (Å²) in [5.41, 5.74) is 8.89. The van der Waals surface area contributed by atoms with Crippen LogP contribution in [0.5, 0.6) is 0 Å². The molecule has 0 bridgehead atoms. The summed E-state index contributed by atoms with van der Waals surface area (Å²) in [7, 11) is 0. The molecule has 0 spiro atoms. The van der Waals surface area contributed by atoms with Crippen LogP contribution in [0.2, 0.25) is 0 Å². The number of ether oxygens (including phenoxy) is 1. The molecule has 300 valence electrons. The van der Waals surface area contributed by atoms with Crippen molar-refractivity contribution in [2.24, 2.45) is 11.8 Å². The second kappa shape index (κ2) is 17.4. The summed E-state index contributed by atoms with van der Waals surface area (Å²) >= 11 is 5.90. The van der Waals surface area contributed by atoms with Gasteiger partial charge in [-0.05, 0) is 83.6 Å². The molecule has 0 aliphatic carbocycles. The van der Waals surface area contributed by atoms with Crippen LogP contribution in [0.1, 0.15) is 46.2 Å². The number of carbonyl (C=O) groups excluding carboxylic acids is 4. The van der Waals surface area contributed by atoms with Crippen LogP contribution in [-0.2, 0) is 49.2 Å². The van der Waals surface area contributed by atoms with Gasteiger partial charge in [0, 0.05) is 87.3 Å². The van der Waals surface area contributed by atoms with Gasteiger partial charge >= 0.3 is 0 Å². The molecule has 0 radical (unpaired) electrons. The minimum Gasteiger partial charge on any atom is -0.379 e. The standard InChI is InChI=1S/C25H26N4O3.C21H18ClN3O2/c26-15-18-2-1-3-22(13-18)29-17-21(14-24(29)30)25(31)28-7-6-20-12-19(4-5-23(20)28)16-27-8-10-32-11-9-27;22-11-14-4-5-19-16(8-14)6-7-24(19)21(27)17-10-20(26)25(13-17)18-3-1-2-15(9-18)12-23/h1-5,12-13,21H,6-11,14,16-17H2;1-5,8-9,17H,6-7,10-11,13H2/t21-;17-/m00/s1. The van der Waals surface area contributed by atoms with Gasteiger partial charge in [-0.1, -0.05) is 36.4 Å². The minimum atomic E-state index is -0.373. The van der Waals surface area contributed by atoms with Gasteiger partial charge in [-0.25, -0.2) is 0 Å². The van der Waals surface area contributed by atoms with Crippen LogP contribution in [0.25, 0.3) is 0 Å². The van der Waals surface area contributed by atoms with Crippen LogP contribution >= 0.6 is 11.6 Å². The number of alkyl halides is 1. The van der Waals surface area contributed by atoms with Crippen molar-refractivity contribution in [2.45, 2.75) is 38.1 Å². The van der Waals surface area contributed by atoms with E-state index in [1.807, 2.05) is 23.1 Å². The number of carbonyl (C=O) groups is 4. The zero-order chi connectivity index (χ0) is 41.0. The molecule has 13 heteroatoms. The molecule has 0 unspecified atom stereocenters. The Morgan fingerprint density at radius 1 is 0.661 bits per heavy atom. The van der Waals surface area contributed by atoms with Crippen molar-refractivity contribution in [1.29, 1.82) is 10.5 Å². The van der Waals surface area contributed by atoms with E-state index in [9.17, 15) is 19.2 Å². The number of anilines is 4. The molecule has 5 aliphatic rings. The molecule has 3 fully saturated rings. The number of halogens is 1. The summed E-state index contributed by atoms with van der Waals surface area (Å²) in [5, 5.41) is 18.2. The zero-order valence-electron chi connectivity index (χ0n) is 32.7. The lowest BCUT2D eigenvalue weighted by molar-refractivity contribution is -0.124. The number of benzene rings is 4. The number of hydrogen-bond acceptors (Lipinski definition) is 8. The monoisotopic (exact) mass is 809 g/mol. The molecule has 5 heterocycles. The molecular weight excluding hydrogens is 766 g/mol. The van der Waals surface area contributed by atoms with Crippen molar-refractivity contribution in [1.82, 2.24) is 4.90 Å². The molecule has 59 heavy (non-hydrogen) atoms. The topological polar surface area (TPSA) is 141 Å². The Morgan fingerprint density at radius 3 is 1.64 bits per heavy atom. The van der Waals surface area contributed by atoms with Gasteiger partial charge in [0.1, 0.15) is 0 Å². The van der Waals surface area contributed by atoms with Crippen LogP contribution in [-0.4, -0.2) is 81.0 Å². The van der Waals surface area contributed by atoms with E-state index in [1.54, 1.807) is 57.2 Å². The van der Waals surface area contributed by atoms with E-state index in [0.717, 1.165) is 68.2 Å². The lowest BCUT2D eigenvalue weighted by Crippen LogP contribution is -2.36. The SMILES string of the molecule is N#Cc1cccc(N2C[C@@H](C(=O)N3CCc4cc(CCl)ccc43)CC2=O)c1.N#Cc1cccc(N2C[C@@H](C(=O)N3CCc4cc(CN5CCOCC5)ccc43)CC2=O)c1. The fourth-order valence-corrected chi connectivity index (χ4v) is 8.91. The van der Waals surface area contributed by atoms with Gasteiger partial charge in [-0.15, -0.1) is 11.6 Å². The third kappa shape index (κ3) is 8.44. The highest BCUT2D eigenvalue weighted by molar-refractivity contribution is 6.17. The summed E-state index contributed by atoms with van der Waals surface area (Å²) in [4.78, 5) is 60.8. The first-order valence-electron chi connectivity index (χ1n) is 20.1. The molecular formula is C46H44ClN7O5. The summed E-state index contributed by atoms with van der Waals surface area (Å²) in [5.74, 6) is -0.445. The van der Waals surface area contributed by atoms with Crippen LogP contribution in [0.3, 0.4) is 0 Å². The molecule has 0 N–H and O–H groups in total. The number of fused-ring (bicyclic) bond motifs is 2. The van der Waals surface area contributed by atoms with E-state index in [2.05, 4.69) is 41.3 Å². The maximum atomic E-state index is 13.3. The number of nitrogens with zero attached hydrogens (tertiary/aromatic N) is 7. The molecule has 3 saturated heterocycles. The highest BCUT2D eigenvalue weighted by atomic mass is 35.5. The Kier molecular flexibility index (Phi) is 11.7. The first kappa shape index (κ1) is 39.8. The Hall–Kier alpha value is -6.05. The summed E-state index contributed by atoms with van der Waals surface area (Å²) in [6.07, 6.45) is 2.05. The fraction of sp³-hybridized carbons (Fsp3) is 0.348. The van der Waals surface area contributed by atoms with Gasteiger partial charge in [-0.3, -0.25) is 24.1 Å². The largest absolute Gasteiger partial charge is 0.379 e. The first-order chi connectivity index (χ1) is 28.7. The second-order valence-corrected chi connectivity index (χ2v) is 15.8. The van der Waals surface area contributed by atoms with Crippen molar-refractivity contribution in [3.8, 4) is 12.1 Å². The molecule has 4 aromatic rings. The maximum Gasteiger partial charge on any atom is 0.232 e. The van der Waals surface area contributed by atoms with E-state index < -0.39 is 0 Å². The van der Waals surface area contributed by atoms with Crippen LogP contribution in [0.15, 0.2) is 84.9 Å². The van der Waals surface area contributed by atoms with E-state index >= 15 is 0 Å². The van der Waals surface area contributed by atoms with Crippen molar-refractivity contribution in [3.05, 3.63) is 118 Å². The van der Waals surface area contributed by atoms with E-state index in [4.69, 9.17) is 26.9 Å². The molecule has 4 amide bonds. The summed E-state index contributed by atoms with van der Waals surface area (Å²) < 4.78 is 5.43. The quantitative estimate of drug-likeness (QED) is 0.221.